The Morgan fingerprint density at radius 3 is 2.68 bits per heavy atom. The van der Waals surface area contributed by atoms with Crippen LogP contribution in [0.5, 0.6) is 0 Å². The second-order valence-corrected chi connectivity index (χ2v) is 7.06. The van der Waals surface area contributed by atoms with Crippen LogP contribution >= 0.6 is 0 Å². The van der Waals surface area contributed by atoms with E-state index in [1.165, 1.54) is 17.4 Å². The van der Waals surface area contributed by atoms with E-state index in [4.69, 9.17) is 4.74 Å². The number of ether oxygens (including phenoxy) is 1. The summed E-state index contributed by atoms with van der Waals surface area (Å²) in [4.78, 5) is 23.0. The van der Waals surface area contributed by atoms with Crippen molar-refractivity contribution in [3.8, 4) is 0 Å². The van der Waals surface area contributed by atoms with Crippen LogP contribution in [-0.4, -0.2) is 46.2 Å². The van der Waals surface area contributed by atoms with E-state index < -0.39 is 21.9 Å². The first kappa shape index (κ1) is 16.3. The lowest BCUT2D eigenvalue weighted by atomic mass is 10.1. The van der Waals surface area contributed by atoms with Gasteiger partial charge in [-0.05, 0) is 37.1 Å². The number of carbonyl (C=O) groups is 2. The molecule has 22 heavy (non-hydrogen) atoms. The zero-order valence-electron chi connectivity index (χ0n) is 12.6. The van der Waals surface area contributed by atoms with Gasteiger partial charge in [-0.15, -0.1) is 0 Å². The van der Waals surface area contributed by atoms with Crippen molar-refractivity contribution in [3.63, 3.8) is 0 Å². The van der Waals surface area contributed by atoms with E-state index in [9.17, 15) is 18.0 Å². The third kappa shape index (κ3) is 3.22. The molecule has 1 unspecified atom stereocenters. The summed E-state index contributed by atoms with van der Waals surface area (Å²) >= 11 is 0. The van der Waals surface area contributed by atoms with Crippen LogP contribution in [0.4, 0.5) is 5.69 Å². The van der Waals surface area contributed by atoms with Crippen LogP contribution in [0.3, 0.4) is 0 Å². The average molecular weight is 326 g/mol. The van der Waals surface area contributed by atoms with Gasteiger partial charge in [0.15, 0.2) is 6.61 Å². The normalized spacial score (nSPS) is 17.0. The van der Waals surface area contributed by atoms with Crippen molar-refractivity contribution >= 4 is 27.6 Å². The SMILES string of the molecule is CNC(=O)COC(=O)c1ccc2c(c1)CC(C)N2S(C)(=O)=O. The molecule has 0 aromatic heterocycles. The summed E-state index contributed by atoms with van der Waals surface area (Å²) < 4.78 is 29.9. The molecule has 7 nitrogen and oxygen atoms in total. The molecule has 120 valence electrons. The number of benzene rings is 1. The molecule has 2 rings (SSSR count). The zero-order chi connectivity index (χ0) is 16.5. The molecule has 8 heteroatoms. The molecule has 0 bridgehead atoms. The maximum absolute atomic E-state index is 11.9. The van der Waals surface area contributed by atoms with Crippen LogP contribution in [0.2, 0.25) is 0 Å². The molecule has 0 saturated heterocycles. The van der Waals surface area contributed by atoms with Gasteiger partial charge in [0.25, 0.3) is 5.91 Å². The Kier molecular flexibility index (Phi) is 4.41. The van der Waals surface area contributed by atoms with Crippen molar-refractivity contribution in [2.45, 2.75) is 19.4 Å². The molecule has 1 heterocycles. The maximum atomic E-state index is 11.9. The van der Waals surface area contributed by atoms with Gasteiger partial charge < -0.3 is 10.1 Å². The number of amides is 1. The monoisotopic (exact) mass is 326 g/mol. The Morgan fingerprint density at radius 1 is 1.41 bits per heavy atom. The largest absolute Gasteiger partial charge is 0.452 e. The number of anilines is 1. The number of hydrogen-bond acceptors (Lipinski definition) is 5. The second-order valence-electron chi connectivity index (χ2n) is 5.20. The summed E-state index contributed by atoms with van der Waals surface area (Å²) in [5, 5.41) is 2.35. The minimum absolute atomic E-state index is 0.192. The van der Waals surface area contributed by atoms with Crippen LogP contribution in [-0.2, 0) is 26.0 Å². The van der Waals surface area contributed by atoms with E-state index in [1.54, 1.807) is 12.1 Å². The lowest BCUT2D eigenvalue weighted by molar-refractivity contribution is -0.123. The fourth-order valence-corrected chi connectivity index (χ4v) is 3.79. The molecule has 1 aromatic carbocycles. The molecule has 1 aliphatic rings. The van der Waals surface area contributed by atoms with Crippen LogP contribution in [0.1, 0.15) is 22.8 Å². The fourth-order valence-electron chi connectivity index (χ4n) is 2.52. The number of rotatable bonds is 4. The van der Waals surface area contributed by atoms with Crippen molar-refractivity contribution in [2.75, 3.05) is 24.2 Å². The number of sulfonamides is 1. The predicted molar refractivity (Wildman–Crippen MR) is 81.3 cm³/mol. The Bertz CT molecular complexity index is 714. The Hall–Kier alpha value is -2.09. The highest BCUT2D eigenvalue weighted by Crippen LogP contribution is 2.34. The predicted octanol–water partition coefficient (Wildman–Crippen LogP) is 0.300. The molecule has 0 spiro atoms. The number of esters is 1. The summed E-state index contributed by atoms with van der Waals surface area (Å²) in [6, 6.07) is 4.52. The summed E-state index contributed by atoms with van der Waals surface area (Å²) in [7, 11) is -1.91. The first-order valence-corrected chi connectivity index (χ1v) is 8.59. The van der Waals surface area contributed by atoms with Gasteiger partial charge in [0.1, 0.15) is 0 Å². The molecule has 0 fully saturated rings. The van der Waals surface area contributed by atoms with Crippen LogP contribution in [0, 0.1) is 0 Å². The number of fused-ring (bicyclic) bond motifs is 1. The van der Waals surface area contributed by atoms with Crippen molar-refractivity contribution in [1.82, 2.24) is 5.32 Å². The van der Waals surface area contributed by atoms with Crippen LogP contribution < -0.4 is 9.62 Å². The average Bonchev–Trinajstić information content (AvgIpc) is 2.78. The summed E-state index contributed by atoms with van der Waals surface area (Å²) in [5.41, 5.74) is 1.65. The second kappa shape index (κ2) is 5.96. The highest BCUT2D eigenvalue weighted by atomic mass is 32.2. The first-order valence-electron chi connectivity index (χ1n) is 6.74. The topological polar surface area (TPSA) is 92.8 Å². The zero-order valence-corrected chi connectivity index (χ0v) is 13.4. The smallest absolute Gasteiger partial charge is 0.338 e. The van der Waals surface area contributed by atoms with Gasteiger partial charge in [-0.1, -0.05) is 0 Å². The van der Waals surface area contributed by atoms with Crippen LogP contribution in [0.15, 0.2) is 18.2 Å². The highest BCUT2D eigenvalue weighted by Gasteiger charge is 2.32. The standard InChI is InChI=1S/C14H18N2O5S/c1-9-6-11-7-10(14(18)21-8-13(17)15-2)4-5-12(11)16(9)22(3,19)20/h4-5,7,9H,6,8H2,1-3H3,(H,15,17). The number of nitrogens with zero attached hydrogens (tertiary/aromatic N) is 1. The molecule has 1 N–H and O–H groups in total. The lowest BCUT2D eigenvalue weighted by Gasteiger charge is -2.21. The van der Waals surface area contributed by atoms with Gasteiger partial charge in [0.2, 0.25) is 10.0 Å². The van der Waals surface area contributed by atoms with Crippen molar-refractivity contribution in [2.24, 2.45) is 0 Å². The minimum atomic E-state index is -3.36. The summed E-state index contributed by atoms with van der Waals surface area (Å²) in [6.07, 6.45) is 1.68. The third-order valence-corrected chi connectivity index (χ3v) is 4.71. The number of carbonyl (C=O) groups excluding carboxylic acids is 2. The summed E-state index contributed by atoms with van der Waals surface area (Å²) in [6.45, 7) is 1.46. The fraction of sp³-hybridized carbons (Fsp3) is 0.429. The van der Waals surface area contributed by atoms with Gasteiger partial charge >= 0.3 is 5.97 Å². The molecule has 0 aliphatic carbocycles. The van der Waals surface area contributed by atoms with Gasteiger partial charge in [0.05, 0.1) is 17.5 Å². The molecule has 1 amide bonds. The van der Waals surface area contributed by atoms with Crippen molar-refractivity contribution in [3.05, 3.63) is 29.3 Å². The molecule has 1 aliphatic heterocycles. The summed E-state index contributed by atoms with van der Waals surface area (Å²) in [5.74, 6) is -1.01. The molecule has 1 aromatic rings. The van der Waals surface area contributed by atoms with Gasteiger partial charge in [-0.2, -0.15) is 0 Å². The highest BCUT2D eigenvalue weighted by molar-refractivity contribution is 7.92. The van der Waals surface area contributed by atoms with E-state index in [1.807, 2.05) is 6.92 Å². The van der Waals surface area contributed by atoms with E-state index in [0.29, 0.717) is 17.7 Å². The van der Waals surface area contributed by atoms with E-state index in [-0.39, 0.29) is 12.6 Å². The van der Waals surface area contributed by atoms with Gasteiger partial charge in [-0.3, -0.25) is 9.10 Å². The minimum Gasteiger partial charge on any atom is -0.452 e. The van der Waals surface area contributed by atoms with E-state index in [0.717, 1.165) is 11.8 Å². The molecular weight excluding hydrogens is 308 g/mol. The van der Waals surface area contributed by atoms with Crippen molar-refractivity contribution < 1.29 is 22.7 Å². The Balaban J connectivity index is 2.22. The number of hydrogen-bond donors (Lipinski definition) is 1. The van der Waals surface area contributed by atoms with Crippen molar-refractivity contribution in [1.29, 1.82) is 0 Å². The third-order valence-electron chi connectivity index (χ3n) is 3.44. The first-order chi connectivity index (χ1) is 10.2. The van der Waals surface area contributed by atoms with E-state index >= 15 is 0 Å². The van der Waals surface area contributed by atoms with Gasteiger partial charge in [-0.25, -0.2) is 13.2 Å². The van der Waals surface area contributed by atoms with Gasteiger partial charge in [0, 0.05) is 13.1 Å². The Labute approximate surface area is 129 Å². The number of likely N-dealkylation sites (N-methyl/N-ethyl adjacent to an activating group) is 1. The molecule has 0 saturated carbocycles. The lowest BCUT2D eigenvalue weighted by Crippen LogP contribution is -2.34. The maximum Gasteiger partial charge on any atom is 0.338 e. The molecule has 1 atom stereocenters. The van der Waals surface area contributed by atoms with Crippen LogP contribution in [0.25, 0.3) is 0 Å². The Morgan fingerprint density at radius 2 is 2.09 bits per heavy atom. The number of nitrogens with one attached hydrogen (secondary N) is 1. The van der Waals surface area contributed by atoms with E-state index in [2.05, 4.69) is 5.32 Å². The quantitative estimate of drug-likeness (QED) is 0.803. The molecular formula is C14H18N2O5S. The molecule has 0 radical (unpaired) electrons.